The van der Waals surface area contributed by atoms with E-state index in [0.29, 0.717) is 24.3 Å². The Morgan fingerprint density at radius 3 is 2.70 bits per heavy atom. The van der Waals surface area contributed by atoms with Gasteiger partial charge in [-0.05, 0) is 37.6 Å². The molecular weight excluding hydrogens is 294 g/mol. The van der Waals surface area contributed by atoms with Crippen LogP contribution in [-0.2, 0) is 9.59 Å². The number of likely N-dealkylation sites (tertiary alicyclic amines) is 1. The van der Waals surface area contributed by atoms with Gasteiger partial charge < -0.3 is 15.7 Å². The summed E-state index contributed by atoms with van der Waals surface area (Å²) >= 11 is 0. The molecule has 1 aliphatic heterocycles. The highest BCUT2D eigenvalue weighted by molar-refractivity contribution is 5.93. The Bertz CT molecular complexity index is 548. The molecule has 0 spiro atoms. The molecule has 1 aromatic carbocycles. The number of benzene rings is 1. The van der Waals surface area contributed by atoms with Crippen molar-refractivity contribution < 1.29 is 14.7 Å². The number of anilines is 2. The molecule has 126 valence electrons. The first-order valence-corrected chi connectivity index (χ1v) is 8.11. The predicted octanol–water partition coefficient (Wildman–Crippen LogP) is 1.82. The van der Waals surface area contributed by atoms with E-state index in [1.54, 1.807) is 24.3 Å². The van der Waals surface area contributed by atoms with E-state index < -0.39 is 0 Å². The van der Waals surface area contributed by atoms with Crippen LogP contribution in [0.15, 0.2) is 24.3 Å². The van der Waals surface area contributed by atoms with Gasteiger partial charge >= 0.3 is 0 Å². The van der Waals surface area contributed by atoms with Crippen molar-refractivity contribution in [2.24, 2.45) is 0 Å². The van der Waals surface area contributed by atoms with E-state index in [0.717, 1.165) is 25.8 Å². The quantitative estimate of drug-likeness (QED) is 0.747. The monoisotopic (exact) mass is 319 g/mol. The van der Waals surface area contributed by atoms with Crippen LogP contribution in [-0.4, -0.2) is 47.6 Å². The second-order valence-corrected chi connectivity index (χ2v) is 5.93. The average molecular weight is 319 g/mol. The highest BCUT2D eigenvalue weighted by atomic mass is 16.3. The molecule has 1 heterocycles. The van der Waals surface area contributed by atoms with Gasteiger partial charge in [-0.1, -0.05) is 12.5 Å². The van der Waals surface area contributed by atoms with Gasteiger partial charge in [-0.2, -0.15) is 0 Å². The maximum absolute atomic E-state index is 12.1. The Morgan fingerprint density at radius 2 is 2.00 bits per heavy atom. The first kappa shape index (κ1) is 17.4. The van der Waals surface area contributed by atoms with Crippen molar-refractivity contribution in [1.29, 1.82) is 0 Å². The van der Waals surface area contributed by atoms with E-state index >= 15 is 0 Å². The summed E-state index contributed by atoms with van der Waals surface area (Å²) in [5.74, 6) is -0.208. The zero-order valence-electron chi connectivity index (χ0n) is 13.5. The molecule has 6 heteroatoms. The van der Waals surface area contributed by atoms with E-state index in [-0.39, 0.29) is 24.5 Å². The van der Waals surface area contributed by atoms with Gasteiger partial charge in [0, 0.05) is 37.3 Å². The Hall–Kier alpha value is -1.92. The molecule has 1 fully saturated rings. The first-order valence-electron chi connectivity index (χ1n) is 8.11. The Labute approximate surface area is 136 Å². The molecule has 1 saturated heterocycles. The number of carbonyl (C=O) groups excluding carboxylic acids is 2. The molecule has 3 N–H and O–H groups in total. The molecule has 6 nitrogen and oxygen atoms in total. The standard InChI is InChI=1S/C17H25N3O3/c1-13(22)18-14-5-4-6-15(11-14)19-17(23)8-10-20-9-3-2-7-16(20)12-21/h4-6,11,16,21H,2-3,7-10,12H2,1H3,(H,18,22)(H,19,23)/t16-/m0/s1. The van der Waals surface area contributed by atoms with Gasteiger partial charge in [-0.3, -0.25) is 14.5 Å². The highest BCUT2D eigenvalue weighted by Crippen LogP contribution is 2.18. The van der Waals surface area contributed by atoms with Gasteiger partial charge in [-0.25, -0.2) is 0 Å². The fourth-order valence-electron chi connectivity index (χ4n) is 2.91. The van der Waals surface area contributed by atoms with Crippen molar-refractivity contribution in [1.82, 2.24) is 4.90 Å². The third-order valence-electron chi connectivity index (χ3n) is 4.05. The third-order valence-corrected chi connectivity index (χ3v) is 4.05. The van der Waals surface area contributed by atoms with Crippen molar-refractivity contribution in [2.75, 3.05) is 30.3 Å². The summed E-state index contributed by atoms with van der Waals surface area (Å²) in [5, 5.41) is 14.9. The Kier molecular flexibility index (Phi) is 6.55. The zero-order chi connectivity index (χ0) is 16.7. The number of amides is 2. The fraction of sp³-hybridized carbons (Fsp3) is 0.529. The second-order valence-electron chi connectivity index (χ2n) is 5.93. The predicted molar refractivity (Wildman–Crippen MR) is 90.3 cm³/mol. The highest BCUT2D eigenvalue weighted by Gasteiger charge is 2.21. The summed E-state index contributed by atoms with van der Waals surface area (Å²) in [6, 6.07) is 7.26. The first-order chi connectivity index (χ1) is 11.1. The van der Waals surface area contributed by atoms with E-state index in [1.165, 1.54) is 6.92 Å². The van der Waals surface area contributed by atoms with Gasteiger partial charge in [-0.15, -0.1) is 0 Å². The van der Waals surface area contributed by atoms with Crippen molar-refractivity contribution >= 4 is 23.2 Å². The summed E-state index contributed by atoms with van der Waals surface area (Å²) in [6.45, 7) is 3.20. The number of rotatable bonds is 6. The number of aliphatic hydroxyl groups is 1. The zero-order valence-corrected chi connectivity index (χ0v) is 13.5. The molecule has 0 saturated carbocycles. The number of piperidine rings is 1. The molecule has 0 unspecified atom stereocenters. The normalized spacial score (nSPS) is 18.4. The van der Waals surface area contributed by atoms with Crippen molar-refractivity contribution in [3.8, 4) is 0 Å². The van der Waals surface area contributed by atoms with Gasteiger partial charge in [0.05, 0.1) is 6.61 Å². The number of aliphatic hydroxyl groups excluding tert-OH is 1. The molecular formula is C17H25N3O3. The minimum absolute atomic E-state index is 0.0627. The molecule has 2 amide bonds. The van der Waals surface area contributed by atoms with Crippen LogP contribution in [0.5, 0.6) is 0 Å². The molecule has 0 bridgehead atoms. The Balaban J connectivity index is 1.83. The van der Waals surface area contributed by atoms with Crippen LogP contribution in [0.2, 0.25) is 0 Å². The molecule has 1 aliphatic rings. The van der Waals surface area contributed by atoms with Gasteiger partial charge in [0.2, 0.25) is 11.8 Å². The SMILES string of the molecule is CC(=O)Nc1cccc(NC(=O)CCN2CCCC[C@H]2CO)c1. The third kappa shape index (κ3) is 5.65. The van der Waals surface area contributed by atoms with Gasteiger partial charge in [0.1, 0.15) is 0 Å². The summed E-state index contributed by atoms with van der Waals surface area (Å²) < 4.78 is 0. The molecule has 0 radical (unpaired) electrons. The van der Waals surface area contributed by atoms with Crippen LogP contribution in [0.25, 0.3) is 0 Å². The minimum atomic E-state index is -0.145. The lowest BCUT2D eigenvalue weighted by Gasteiger charge is -2.34. The van der Waals surface area contributed by atoms with Crippen LogP contribution in [0.3, 0.4) is 0 Å². The molecule has 1 atom stereocenters. The summed E-state index contributed by atoms with van der Waals surface area (Å²) in [6.07, 6.45) is 3.65. The molecule has 1 aromatic rings. The van der Waals surface area contributed by atoms with Crippen LogP contribution in [0, 0.1) is 0 Å². The van der Waals surface area contributed by atoms with E-state index in [9.17, 15) is 14.7 Å². The summed E-state index contributed by atoms with van der Waals surface area (Å²) in [5.41, 5.74) is 1.32. The molecule has 0 aromatic heterocycles. The second kappa shape index (κ2) is 8.64. The van der Waals surface area contributed by atoms with Crippen LogP contribution >= 0.6 is 0 Å². The van der Waals surface area contributed by atoms with Crippen LogP contribution in [0.4, 0.5) is 11.4 Å². The van der Waals surface area contributed by atoms with Gasteiger partial charge in [0.15, 0.2) is 0 Å². The summed E-state index contributed by atoms with van der Waals surface area (Å²) in [4.78, 5) is 25.3. The molecule has 23 heavy (non-hydrogen) atoms. The van der Waals surface area contributed by atoms with Crippen molar-refractivity contribution in [3.05, 3.63) is 24.3 Å². The largest absolute Gasteiger partial charge is 0.395 e. The lowest BCUT2D eigenvalue weighted by atomic mass is 10.0. The lowest BCUT2D eigenvalue weighted by Crippen LogP contribution is -2.43. The Morgan fingerprint density at radius 1 is 1.26 bits per heavy atom. The maximum Gasteiger partial charge on any atom is 0.225 e. The number of hydrogen-bond donors (Lipinski definition) is 3. The number of nitrogens with zero attached hydrogens (tertiary/aromatic N) is 1. The summed E-state index contributed by atoms with van der Waals surface area (Å²) in [7, 11) is 0. The van der Waals surface area contributed by atoms with E-state index in [1.807, 2.05) is 0 Å². The van der Waals surface area contributed by atoms with Crippen LogP contribution < -0.4 is 10.6 Å². The fourth-order valence-corrected chi connectivity index (χ4v) is 2.91. The lowest BCUT2D eigenvalue weighted by molar-refractivity contribution is -0.117. The van der Waals surface area contributed by atoms with Gasteiger partial charge in [0.25, 0.3) is 0 Å². The minimum Gasteiger partial charge on any atom is -0.395 e. The molecule has 0 aliphatic carbocycles. The van der Waals surface area contributed by atoms with Crippen LogP contribution in [0.1, 0.15) is 32.6 Å². The number of nitrogens with one attached hydrogen (secondary N) is 2. The average Bonchev–Trinajstić information content (AvgIpc) is 2.53. The number of carbonyl (C=O) groups is 2. The van der Waals surface area contributed by atoms with Crippen molar-refractivity contribution in [2.45, 2.75) is 38.6 Å². The molecule has 2 rings (SSSR count). The smallest absolute Gasteiger partial charge is 0.225 e. The van der Waals surface area contributed by atoms with E-state index in [2.05, 4.69) is 15.5 Å². The van der Waals surface area contributed by atoms with E-state index in [4.69, 9.17) is 0 Å². The van der Waals surface area contributed by atoms with Crippen molar-refractivity contribution in [3.63, 3.8) is 0 Å². The number of hydrogen-bond acceptors (Lipinski definition) is 4. The topological polar surface area (TPSA) is 81.7 Å². The maximum atomic E-state index is 12.1.